The molecular formula is C21H19FN4O2S. The molecule has 0 bridgehead atoms. The molecule has 6 nitrogen and oxygen atoms in total. The van der Waals surface area contributed by atoms with Crippen LogP contribution in [0.4, 0.5) is 10.1 Å². The summed E-state index contributed by atoms with van der Waals surface area (Å²) in [4.78, 5) is 20.7. The van der Waals surface area contributed by atoms with E-state index in [1.54, 1.807) is 19.9 Å². The van der Waals surface area contributed by atoms with Crippen molar-refractivity contribution in [2.75, 3.05) is 0 Å². The van der Waals surface area contributed by atoms with E-state index in [1.165, 1.54) is 23.6 Å². The van der Waals surface area contributed by atoms with Crippen LogP contribution in [0, 0.1) is 50.7 Å². The highest BCUT2D eigenvalue weighted by atomic mass is 32.1. The summed E-state index contributed by atoms with van der Waals surface area (Å²) in [5.74, 6) is -0.587. The highest BCUT2D eigenvalue weighted by molar-refractivity contribution is 7.15. The Labute approximate surface area is 170 Å². The minimum absolute atomic E-state index is 0.100. The number of aromatic nitrogens is 3. The Morgan fingerprint density at radius 1 is 1.10 bits per heavy atom. The van der Waals surface area contributed by atoms with Gasteiger partial charge in [-0.15, -0.1) is 11.3 Å². The van der Waals surface area contributed by atoms with E-state index in [0.717, 1.165) is 27.3 Å². The van der Waals surface area contributed by atoms with Gasteiger partial charge >= 0.3 is 0 Å². The number of rotatable bonds is 3. The molecule has 0 N–H and O–H groups in total. The summed E-state index contributed by atoms with van der Waals surface area (Å²) in [6, 6.07) is 3.09. The van der Waals surface area contributed by atoms with Crippen LogP contribution in [0.25, 0.3) is 27.5 Å². The molecule has 0 fully saturated rings. The highest BCUT2D eigenvalue weighted by Gasteiger charge is 2.28. The Morgan fingerprint density at radius 3 is 2.48 bits per heavy atom. The third-order valence-electron chi connectivity index (χ3n) is 5.54. The van der Waals surface area contributed by atoms with Crippen molar-refractivity contribution >= 4 is 22.0 Å². The Kier molecular flexibility index (Phi) is 4.46. The van der Waals surface area contributed by atoms with Gasteiger partial charge in [-0.3, -0.25) is 14.5 Å². The summed E-state index contributed by atoms with van der Waals surface area (Å²) in [6.45, 7) is 9.32. The molecule has 4 aromatic rings. The van der Waals surface area contributed by atoms with E-state index >= 15 is 0 Å². The SMILES string of the molecule is Cc1c(C)c(-c2nc3scc(C)n3c2-c2ccnc(F)c2)c(C)c([N+](=O)[O-])c1C. The molecule has 0 saturated carbocycles. The maximum Gasteiger partial charge on any atom is 0.276 e. The average molecular weight is 410 g/mol. The molecule has 3 aromatic heterocycles. The molecule has 0 atom stereocenters. The number of nitro groups is 1. The Balaban J connectivity index is 2.17. The minimum Gasteiger partial charge on any atom is -0.287 e. The maximum absolute atomic E-state index is 13.9. The summed E-state index contributed by atoms with van der Waals surface area (Å²) in [5, 5.41) is 13.8. The molecule has 1 aromatic carbocycles. The predicted molar refractivity (Wildman–Crippen MR) is 112 cm³/mol. The number of hydrogen-bond donors (Lipinski definition) is 0. The molecule has 0 aliphatic carbocycles. The van der Waals surface area contributed by atoms with Gasteiger partial charge in [0.25, 0.3) is 5.69 Å². The monoisotopic (exact) mass is 410 g/mol. The number of imidazole rings is 1. The van der Waals surface area contributed by atoms with Gasteiger partial charge in [0.15, 0.2) is 4.96 Å². The van der Waals surface area contributed by atoms with E-state index in [1.807, 2.05) is 30.6 Å². The topological polar surface area (TPSA) is 73.3 Å². The number of thiazole rings is 1. The van der Waals surface area contributed by atoms with Gasteiger partial charge in [0, 0.05) is 45.6 Å². The van der Waals surface area contributed by atoms with Crippen LogP contribution in [0.1, 0.15) is 27.9 Å². The third-order valence-corrected chi connectivity index (χ3v) is 6.48. The van der Waals surface area contributed by atoms with Crippen molar-refractivity contribution in [1.82, 2.24) is 14.4 Å². The lowest BCUT2D eigenvalue weighted by Crippen LogP contribution is -2.04. The first-order valence-electron chi connectivity index (χ1n) is 9.06. The Morgan fingerprint density at radius 2 is 1.83 bits per heavy atom. The van der Waals surface area contributed by atoms with E-state index in [-0.39, 0.29) is 10.6 Å². The highest BCUT2D eigenvalue weighted by Crippen LogP contribution is 2.43. The van der Waals surface area contributed by atoms with Crippen molar-refractivity contribution < 1.29 is 9.31 Å². The van der Waals surface area contributed by atoms with Crippen LogP contribution in [0.2, 0.25) is 0 Å². The lowest BCUT2D eigenvalue weighted by molar-refractivity contribution is -0.386. The normalized spacial score (nSPS) is 11.4. The molecule has 0 aliphatic heterocycles. The fourth-order valence-corrected chi connectivity index (χ4v) is 4.81. The van der Waals surface area contributed by atoms with Gasteiger partial charge in [0.2, 0.25) is 5.95 Å². The molecule has 8 heteroatoms. The van der Waals surface area contributed by atoms with Gasteiger partial charge in [-0.05, 0) is 51.8 Å². The summed E-state index contributed by atoms with van der Waals surface area (Å²) in [5.41, 5.74) is 6.76. The maximum atomic E-state index is 13.9. The number of pyridine rings is 1. The first-order valence-corrected chi connectivity index (χ1v) is 9.94. The van der Waals surface area contributed by atoms with Crippen molar-refractivity contribution in [3.8, 4) is 22.5 Å². The molecule has 4 rings (SSSR count). The van der Waals surface area contributed by atoms with Crippen LogP contribution in [-0.4, -0.2) is 19.3 Å². The number of benzene rings is 1. The van der Waals surface area contributed by atoms with Gasteiger partial charge in [0.1, 0.15) is 0 Å². The fourth-order valence-electron chi connectivity index (χ4n) is 3.94. The van der Waals surface area contributed by atoms with Crippen molar-refractivity contribution in [1.29, 1.82) is 0 Å². The largest absolute Gasteiger partial charge is 0.287 e. The van der Waals surface area contributed by atoms with Crippen LogP contribution >= 0.6 is 11.3 Å². The molecule has 0 unspecified atom stereocenters. The predicted octanol–water partition coefficient (Wildman–Crippen LogP) is 5.71. The number of aryl methyl sites for hydroxylation is 1. The van der Waals surface area contributed by atoms with Crippen molar-refractivity contribution in [2.45, 2.75) is 34.6 Å². The standard InChI is InChI=1S/C21H19FN4O2S/c1-10-9-29-21-24-18(20(25(10)21)15-6-7-23-16(22)8-15)17-12(3)11(2)13(4)19(14(17)5)26(27)28/h6-9H,1-5H3. The number of nitrogens with zero attached hydrogens (tertiary/aromatic N) is 4. The molecular weight excluding hydrogens is 391 g/mol. The van der Waals surface area contributed by atoms with Crippen LogP contribution in [-0.2, 0) is 0 Å². The summed E-state index contributed by atoms with van der Waals surface area (Å²) < 4.78 is 15.9. The second-order valence-corrected chi connectivity index (χ2v) is 7.99. The zero-order valence-electron chi connectivity index (χ0n) is 16.7. The van der Waals surface area contributed by atoms with E-state index in [0.29, 0.717) is 28.1 Å². The van der Waals surface area contributed by atoms with E-state index in [2.05, 4.69) is 4.98 Å². The van der Waals surface area contributed by atoms with Crippen LogP contribution in [0.3, 0.4) is 0 Å². The van der Waals surface area contributed by atoms with Crippen molar-refractivity contribution in [3.63, 3.8) is 0 Å². The van der Waals surface area contributed by atoms with Crippen LogP contribution in [0.15, 0.2) is 23.7 Å². The van der Waals surface area contributed by atoms with Crippen molar-refractivity contribution in [2.24, 2.45) is 0 Å². The lowest BCUT2D eigenvalue weighted by Gasteiger charge is -2.16. The second-order valence-electron chi connectivity index (χ2n) is 7.15. The number of hydrogen-bond acceptors (Lipinski definition) is 5. The Bertz CT molecular complexity index is 1310. The number of fused-ring (bicyclic) bond motifs is 1. The fraction of sp³-hybridized carbons (Fsp3) is 0.238. The third kappa shape index (κ3) is 2.82. The molecule has 29 heavy (non-hydrogen) atoms. The average Bonchev–Trinajstić information content (AvgIpc) is 3.20. The summed E-state index contributed by atoms with van der Waals surface area (Å²) in [7, 11) is 0. The van der Waals surface area contributed by atoms with Gasteiger partial charge in [-0.1, -0.05) is 0 Å². The molecule has 0 saturated heterocycles. The lowest BCUT2D eigenvalue weighted by atomic mass is 9.89. The van der Waals surface area contributed by atoms with E-state index in [4.69, 9.17) is 4.98 Å². The zero-order chi connectivity index (χ0) is 21.0. The summed E-state index contributed by atoms with van der Waals surface area (Å²) in [6.07, 6.45) is 1.41. The second kappa shape index (κ2) is 6.73. The molecule has 0 radical (unpaired) electrons. The van der Waals surface area contributed by atoms with Gasteiger partial charge in [0.05, 0.1) is 16.3 Å². The van der Waals surface area contributed by atoms with Gasteiger partial charge in [-0.2, -0.15) is 4.39 Å². The van der Waals surface area contributed by atoms with E-state index in [9.17, 15) is 14.5 Å². The molecule has 0 amide bonds. The van der Waals surface area contributed by atoms with Gasteiger partial charge < -0.3 is 0 Å². The number of nitro benzene ring substituents is 1. The molecule has 148 valence electrons. The van der Waals surface area contributed by atoms with Crippen LogP contribution in [0.5, 0.6) is 0 Å². The first kappa shape index (κ1) is 19.2. The number of halogens is 1. The molecule has 3 heterocycles. The molecule has 0 spiro atoms. The van der Waals surface area contributed by atoms with Gasteiger partial charge in [-0.25, -0.2) is 9.97 Å². The quantitative estimate of drug-likeness (QED) is 0.246. The summed E-state index contributed by atoms with van der Waals surface area (Å²) >= 11 is 1.48. The molecule has 0 aliphatic rings. The minimum atomic E-state index is -0.587. The first-order chi connectivity index (χ1) is 13.7. The van der Waals surface area contributed by atoms with Crippen LogP contribution < -0.4 is 0 Å². The van der Waals surface area contributed by atoms with E-state index < -0.39 is 5.95 Å². The smallest absolute Gasteiger partial charge is 0.276 e. The Hall–Kier alpha value is -3.13. The zero-order valence-corrected chi connectivity index (χ0v) is 17.5. The van der Waals surface area contributed by atoms with Crippen molar-refractivity contribution in [3.05, 3.63) is 67.7 Å².